The van der Waals surface area contributed by atoms with Crippen LogP contribution in [0.25, 0.3) is 10.9 Å². The molecule has 156 valence electrons. The van der Waals surface area contributed by atoms with Crippen LogP contribution in [0.5, 0.6) is 0 Å². The summed E-state index contributed by atoms with van der Waals surface area (Å²) in [5, 5.41) is 14.5. The van der Waals surface area contributed by atoms with Gasteiger partial charge in [-0.25, -0.2) is 4.98 Å². The number of aromatic nitrogens is 2. The van der Waals surface area contributed by atoms with E-state index >= 15 is 0 Å². The van der Waals surface area contributed by atoms with Gasteiger partial charge >= 0.3 is 0 Å². The molecule has 3 aromatic rings. The summed E-state index contributed by atoms with van der Waals surface area (Å²) < 4.78 is 0. The van der Waals surface area contributed by atoms with Crippen LogP contribution in [0.3, 0.4) is 0 Å². The van der Waals surface area contributed by atoms with Gasteiger partial charge in [0.2, 0.25) is 0 Å². The van der Waals surface area contributed by atoms with Gasteiger partial charge in [0, 0.05) is 6.07 Å². The lowest BCUT2D eigenvalue weighted by Gasteiger charge is -2.17. The number of nitrogens with zero attached hydrogens (tertiary/aromatic N) is 2. The highest BCUT2D eigenvalue weighted by atomic mass is 16.6. The van der Waals surface area contributed by atoms with Crippen LogP contribution in [0.2, 0.25) is 0 Å². The molecular weight excluding hydrogens is 386 g/mol. The van der Waals surface area contributed by atoms with E-state index in [2.05, 4.69) is 15.3 Å². The molecule has 0 aliphatic rings. The predicted octanol–water partition coefficient (Wildman–Crippen LogP) is 1.49. The van der Waals surface area contributed by atoms with Crippen LogP contribution >= 0.6 is 0 Å². The number of aryl methyl sites for hydroxylation is 2. The molecule has 30 heavy (non-hydrogen) atoms. The van der Waals surface area contributed by atoms with Crippen molar-refractivity contribution in [3.05, 3.63) is 73.8 Å². The molecule has 3 rings (SSSR count). The Morgan fingerprint density at radius 2 is 1.93 bits per heavy atom. The highest BCUT2D eigenvalue weighted by Gasteiger charge is 2.20. The molecule has 2 aromatic carbocycles. The van der Waals surface area contributed by atoms with Crippen molar-refractivity contribution >= 4 is 28.2 Å². The Morgan fingerprint density at radius 1 is 1.23 bits per heavy atom. The third-order valence-electron chi connectivity index (χ3n) is 5.07. The summed E-state index contributed by atoms with van der Waals surface area (Å²) in [6, 6.07) is 10.1. The average molecular weight is 410 g/mol. The molecule has 0 saturated carbocycles. The number of aromatic amines is 1. The molecule has 1 heterocycles. The summed E-state index contributed by atoms with van der Waals surface area (Å²) >= 11 is 0. The van der Waals surface area contributed by atoms with Crippen LogP contribution in [0, 0.1) is 24.0 Å². The molecule has 3 N–H and O–H groups in total. The first-order valence-corrected chi connectivity index (χ1v) is 9.65. The summed E-state index contributed by atoms with van der Waals surface area (Å²) in [4.78, 5) is 43.8. The molecule has 1 atom stereocenters. The number of nitro groups is 1. The summed E-state index contributed by atoms with van der Waals surface area (Å²) in [6.45, 7) is 6.57. The minimum Gasteiger partial charge on any atom is -0.321 e. The molecule has 0 aliphatic heterocycles. The summed E-state index contributed by atoms with van der Waals surface area (Å²) in [7, 11) is 0. The van der Waals surface area contributed by atoms with Gasteiger partial charge in [-0.2, -0.15) is 0 Å². The molecule has 0 saturated heterocycles. The molecular formula is C21H24N5O4+. The van der Waals surface area contributed by atoms with E-state index in [0.29, 0.717) is 29.8 Å². The number of benzene rings is 2. The fourth-order valence-electron chi connectivity index (χ4n) is 3.24. The van der Waals surface area contributed by atoms with E-state index in [1.165, 1.54) is 6.07 Å². The number of carbonyl (C=O) groups excluding carboxylic acids is 1. The Bertz CT molecular complexity index is 1170. The number of H-pyrrole nitrogens is 1. The van der Waals surface area contributed by atoms with Crippen LogP contribution < -0.4 is 15.8 Å². The number of rotatable bonds is 7. The first-order chi connectivity index (χ1) is 14.3. The maximum atomic E-state index is 12.6. The van der Waals surface area contributed by atoms with Crippen molar-refractivity contribution in [1.82, 2.24) is 9.97 Å². The van der Waals surface area contributed by atoms with Crippen molar-refractivity contribution in [1.29, 1.82) is 0 Å². The van der Waals surface area contributed by atoms with Crippen molar-refractivity contribution in [2.24, 2.45) is 0 Å². The Labute approximate surface area is 172 Å². The fraction of sp³-hybridized carbons (Fsp3) is 0.286. The van der Waals surface area contributed by atoms with E-state index in [-0.39, 0.29) is 29.4 Å². The topological polar surface area (TPSA) is 122 Å². The molecule has 0 spiro atoms. The highest BCUT2D eigenvalue weighted by molar-refractivity contribution is 5.94. The Morgan fingerprint density at radius 3 is 2.63 bits per heavy atom. The van der Waals surface area contributed by atoms with Crippen LogP contribution in [0.1, 0.15) is 23.9 Å². The number of fused-ring (bicyclic) bond motifs is 1. The van der Waals surface area contributed by atoms with Crippen molar-refractivity contribution in [3.8, 4) is 0 Å². The average Bonchev–Trinajstić information content (AvgIpc) is 2.69. The highest BCUT2D eigenvalue weighted by Crippen LogP contribution is 2.27. The molecule has 0 fully saturated rings. The van der Waals surface area contributed by atoms with E-state index in [4.69, 9.17) is 0 Å². The first-order valence-electron chi connectivity index (χ1n) is 9.65. The smallest absolute Gasteiger partial charge is 0.293 e. The molecule has 1 amide bonds. The molecule has 9 nitrogen and oxygen atoms in total. The molecule has 0 aliphatic carbocycles. The number of nitro benzene ring substituents is 1. The van der Waals surface area contributed by atoms with Gasteiger partial charge in [-0.15, -0.1) is 0 Å². The van der Waals surface area contributed by atoms with Gasteiger partial charge < -0.3 is 15.2 Å². The Hall–Kier alpha value is -3.59. The number of quaternary nitrogens is 1. The zero-order valence-electron chi connectivity index (χ0n) is 17.1. The van der Waals surface area contributed by atoms with E-state index < -0.39 is 4.92 Å². The van der Waals surface area contributed by atoms with Gasteiger partial charge in [-0.05, 0) is 50.1 Å². The maximum Gasteiger partial charge on any atom is 0.293 e. The SMILES string of the molecule is CC[NH+](CC(=O)Nc1cc(C)c(C)cc1[N+](=O)[O-])Cc1nc2ccccc2c(=O)[nH]1. The second-order valence-corrected chi connectivity index (χ2v) is 7.25. The number of nitrogens with one attached hydrogen (secondary N) is 3. The Balaban J connectivity index is 1.75. The molecule has 9 heteroatoms. The summed E-state index contributed by atoms with van der Waals surface area (Å²) in [5.41, 5.74) is 2.06. The van der Waals surface area contributed by atoms with Crippen LogP contribution in [0.4, 0.5) is 11.4 Å². The minimum absolute atomic E-state index is 0.0805. The van der Waals surface area contributed by atoms with Gasteiger partial charge in [0.25, 0.3) is 17.2 Å². The zero-order valence-corrected chi connectivity index (χ0v) is 17.1. The number of anilines is 1. The van der Waals surface area contributed by atoms with Gasteiger partial charge in [0.05, 0.1) is 22.4 Å². The number of para-hydroxylation sites is 1. The largest absolute Gasteiger partial charge is 0.321 e. The van der Waals surface area contributed by atoms with Crippen molar-refractivity contribution in [2.75, 3.05) is 18.4 Å². The minimum atomic E-state index is -0.504. The predicted molar refractivity (Wildman–Crippen MR) is 114 cm³/mol. The second kappa shape index (κ2) is 8.83. The second-order valence-electron chi connectivity index (χ2n) is 7.25. The van der Waals surface area contributed by atoms with Gasteiger partial charge in [-0.1, -0.05) is 12.1 Å². The van der Waals surface area contributed by atoms with Gasteiger partial charge in [-0.3, -0.25) is 19.7 Å². The van der Waals surface area contributed by atoms with Gasteiger partial charge in [0.15, 0.2) is 12.4 Å². The maximum absolute atomic E-state index is 12.6. The standard InChI is InChI=1S/C21H23N5O4/c1-4-25(11-19-22-16-8-6-5-7-15(16)21(28)24-19)12-20(27)23-17-9-13(2)14(3)10-18(17)26(29)30/h5-10H,4,11-12H2,1-3H3,(H,23,27)(H,22,24,28)/p+1. The van der Waals surface area contributed by atoms with Crippen molar-refractivity contribution in [2.45, 2.75) is 27.3 Å². The third kappa shape index (κ3) is 4.69. The lowest BCUT2D eigenvalue weighted by atomic mass is 10.1. The van der Waals surface area contributed by atoms with Crippen LogP contribution in [-0.2, 0) is 11.3 Å². The molecule has 1 aromatic heterocycles. The number of amides is 1. The molecule has 0 radical (unpaired) electrons. The van der Waals surface area contributed by atoms with Crippen molar-refractivity contribution in [3.63, 3.8) is 0 Å². The lowest BCUT2D eigenvalue weighted by molar-refractivity contribution is -0.904. The van der Waals surface area contributed by atoms with E-state index in [1.807, 2.05) is 19.9 Å². The molecule has 0 bridgehead atoms. The molecule has 1 unspecified atom stereocenters. The fourth-order valence-corrected chi connectivity index (χ4v) is 3.24. The van der Waals surface area contributed by atoms with E-state index in [0.717, 1.165) is 16.0 Å². The zero-order chi connectivity index (χ0) is 21.8. The number of hydrogen-bond donors (Lipinski definition) is 3. The number of hydrogen-bond acceptors (Lipinski definition) is 5. The Kier molecular flexibility index (Phi) is 6.22. The third-order valence-corrected chi connectivity index (χ3v) is 5.07. The normalized spacial score (nSPS) is 12.0. The van der Waals surface area contributed by atoms with Crippen molar-refractivity contribution < 1.29 is 14.6 Å². The van der Waals surface area contributed by atoms with Gasteiger partial charge in [0.1, 0.15) is 12.2 Å². The lowest BCUT2D eigenvalue weighted by Crippen LogP contribution is -3.11. The van der Waals surface area contributed by atoms with E-state index in [1.54, 1.807) is 31.2 Å². The monoisotopic (exact) mass is 410 g/mol. The summed E-state index contributed by atoms with van der Waals surface area (Å²) in [6.07, 6.45) is 0. The quantitative estimate of drug-likeness (QED) is 0.402. The van der Waals surface area contributed by atoms with Crippen LogP contribution in [0.15, 0.2) is 41.2 Å². The number of carbonyl (C=O) groups is 1. The first kappa shape index (κ1) is 21.1. The van der Waals surface area contributed by atoms with Crippen LogP contribution in [-0.4, -0.2) is 33.9 Å². The number of likely N-dealkylation sites (N-methyl/N-ethyl adjacent to an activating group) is 1. The van der Waals surface area contributed by atoms with E-state index in [9.17, 15) is 19.7 Å². The summed E-state index contributed by atoms with van der Waals surface area (Å²) in [5.74, 6) is 0.141.